The Morgan fingerprint density at radius 3 is 2.47 bits per heavy atom. The minimum atomic E-state index is -0.994. The van der Waals surface area contributed by atoms with Crippen molar-refractivity contribution in [1.29, 1.82) is 0 Å². The van der Waals surface area contributed by atoms with Gasteiger partial charge in [-0.05, 0) is 21.0 Å². The molecule has 100 valence electrons. The number of aliphatic hydroxyl groups excluding tert-OH is 2. The lowest BCUT2D eigenvalue weighted by atomic mass is 10.1. The van der Waals surface area contributed by atoms with Gasteiger partial charge in [-0.1, -0.05) is 0 Å². The number of hydrogen-bond donors (Lipinski definition) is 2. The van der Waals surface area contributed by atoms with E-state index in [9.17, 15) is 15.0 Å². The molecular weight excluding hydrogens is 226 g/mol. The zero-order valence-corrected chi connectivity index (χ0v) is 10.5. The van der Waals surface area contributed by atoms with E-state index in [1.54, 1.807) is 6.92 Å². The summed E-state index contributed by atoms with van der Waals surface area (Å²) in [7, 11) is 3.74. The first-order chi connectivity index (χ1) is 7.91. The summed E-state index contributed by atoms with van der Waals surface area (Å²) in [6.07, 6.45) is -2.68. The van der Waals surface area contributed by atoms with Crippen molar-refractivity contribution in [2.45, 2.75) is 37.8 Å². The van der Waals surface area contributed by atoms with Gasteiger partial charge in [0.1, 0.15) is 24.9 Å². The highest BCUT2D eigenvalue weighted by Gasteiger charge is 2.40. The largest absolute Gasteiger partial charge is 0.463 e. The van der Waals surface area contributed by atoms with Gasteiger partial charge in [-0.2, -0.15) is 0 Å². The first-order valence-corrected chi connectivity index (χ1v) is 5.73. The first-order valence-electron chi connectivity index (χ1n) is 5.73. The Bertz CT molecular complexity index is 258. The van der Waals surface area contributed by atoms with Crippen LogP contribution in [-0.2, 0) is 14.3 Å². The third-order valence-corrected chi connectivity index (χ3v) is 2.77. The Hall–Kier alpha value is -0.690. The van der Waals surface area contributed by atoms with Gasteiger partial charge in [-0.25, -0.2) is 0 Å². The van der Waals surface area contributed by atoms with Crippen molar-refractivity contribution in [3.05, 3.63) is 0 Å². The third kappa shape index (κ3) is 4.23. The molecule has 17 heavy (non-hydrogen) atoms. The molecule has 0 radical (unpaired) electrons. The Kier molecular flexibility index (Phi) is 5.32. The van der Waals surface area contributed by atoms with Gasteiger partial charge in [0.2, 0.25) is 0 Å². The van der Waals surface area contributed by atoms with Crippen LogP contribution in [0, 0.1) is 0 Å². The minimum Gasteiger partial charge on any atom is -0.463 e. The molecule has 2 N–H and O–H groups in total. The molecule has 0 spiro atoms. The van der Waals surface area contributed by atoms with Crippen LogP contribution in [0.5, 0.6) is 0 Å². The first kappa shape index (κ1) is 14.4. The lowest BCUT2D eigenvalue weighted by Crippen LogP contribution is -2.34. The topological polar surface area (TPSA) is 79.2 Å². The molecule has 1 fully saturated rings. The van der Waals surface area contributed by atoms with E-state index in [0.717, 1.165) is 0 Å². The van der Waals surface area contributed by atoms with Crippen molar-refractivity contribution in [2.24, 2.45) is 0 Å². The van der Waals surface area contributed by atoms with Crippen molar-refractivity contribution in [1.82, 2.24) is 4.90 Å². The summed E-state index contributed by atoms with van der Waals surface area (Å²) >= 11 is 0. The Labute approximate surface area is 101 Å². The lowest BCUT2D eigenvalue weighted by Gasteiger charge is -2.15. The number of carbonyl (C=O) groups is 1. The van der Waals surface area contributed by atoms with Crippen LogP contribution < -0.4 is 0 Å². The summed E-state index contributed by atoms with van der Waals surface area (Å²) in [6.45, 7) is 2.27. The van der Waals surface area contributed by atoms with Crippen LogP contribution in [0.2, 0.25) is 0 Å². The van der Waals surface area contributed by atoms with Crippen LogP contribution in [0.4, 0.5) is 0 Å². The summed E-state index contributed by atoms with van der Waals surface area (Å²) in [5.41, 5.74) is 0. The number of aliphatic hydroxyl groups is 2. The maximum absolute atomic E-state index is 11.3. The number of rotatable bonds is 5. The predicted octanol–water partition coefficient (Wildman–Crippen LogP) is -1.01. The van der Waals surface area contributed by atoms with Crippen molar-refractivity contribution < 1.29 is 24.5 Å². The standard InChI is InChI=1S/C11H21NO5/c1-7-10(14)11(15)8(17-7)6-16-9(13)4-5-12(2)3/h7-8,10-11,14-15H,4-6H2,1-3H3/t7-,8+,10-,11+/m0/s1. The molecule has 6 heteroatoms. The van der Waals surface area contributed by atoms with Crippen LogP contribution in [0.25, 0.3) is 0 Å². The van der Waals surface area contributed by atoms with Crippen molar-refractivity contribution in [3.63, 3.8) is 0 Å². The van der Waals surface area contributed by atoms with Crippen molar-refractivity contribution in [3.8, 4) is 0 Å². The van der Waals surface area contributed by atoms with Crippen LogP contribution in [0.15, 0.2) is 0 Å². The van der Waals surface area contributed by atoms with E-state index in [1.807, 2.05) is 19.0 Å². The highest BCUT2D eigenvalue weighted by molar-refractivity contribution is 5.69. The van der Waals surface area contributed by atoms with Crippen LogP contribution in [0.1, 0.15) is 13.3 Å². The summed E-state index contributed by atoms with van der Waals surface area (Å²) < 4.78 is 10.3. The Balaban J connectivity index is 2.25. The van der Waals surface area contributed by atoms with Crippen LogP contribution in [0.3, 0.4) is 0 Å². The van der Waals surface area contributed by atoms with E-state index in [0.29, 0.717) is 13.0 Å². The molecule has 0 unspecified atom stereocenters. The molecule has 4 atom stereocenters. The molecular formula is C11H21NO5. The molecule has 1 rings (SSSR count). The van der Waals surface area contributed by atoms with Crippen LogP contribution in [-0.4, -0.2) is 72.7 Å². The average Bonchev–Trinajstić information content (AvgIpc) is 2.51. The molecule has 1 saturated heterocycles. The molecule has 0 bridgehead atoms. The fourth-order valence-corrected chi connectivity index (χ4v) is 1.63. The molecule has 1 aliphatic heterocycles. The summed E-state index contributed by atoms with van der Waals surface area (Å²) in [4.78, 5) is 13.2. The van der Waals surface area contributed by atoms with E-state index in [-0.39, 0.29) is 12.6 Å². The normalized spacial score (nSPS) is 33.1. The summed E-state index contributed by atoms with van der Waals surface area (Å²) in [5, 5.41) is 19.0. The van der Waals surface area contributed by atoms with Gasteiger partial charge in [0.05, 0.1) is 12.5 Å². The van der Waals surface area contributed by atoms with E-state index in [4.69, 9.17) is 9.47 Å². The second kappa shape index (κ2) is 6.30. The maximum Gasteiger partial charge on any atom is 0.307 e. The number of ether oxygens (including phenoxy) is 2. The molecule has 1 aliphatic rings. The minimum absolute atomic E-state index is 0.0190. The molecule has 0 aromatic heterocycles. The molecule has 0 aliphatic carbocycles. The van der Waals surface area contributed by atoms with Gasteiger partial charge < -0.3 is 24.6 Å². The summed E-state index contributed by atoms with van der Waals surface area (Å²) in [5.74, 6) is -0.330. The van der Waals surface area contributed by atoms with Gasteiger partial charge in [0.25, 0.3) is 0 Å². The second-order valence-electron chi connectivity index (χ2n) is 4.60. The predicted molar refractivity (Wildman–Crippen MR) is 60.5 cm³/mol. The summed E-state index contributed by atoms with van der Waals surface area (Å²) in [6, 6.07) is 0. The number of nitrogens with zero attached hydrogens (tertiary/aromatic N) is 1. The van der Waals surface area contributed by atoms with Gasteiger partial charge in [-0.15, -0.1) is 0 Å². The SMILES string of the molecule is C[C@@H]1O[C@H](COC(=O)CCN(C)C)[C@@H](O)[C@H]1O. The van der Waals surface area contributed by atoms with E-state index < -0.39 is 24.4 Å². The highest BCUT2D eigenvalue weighted by atomic mass is 16.6. The molecule has 0 aromatic rings. The molecule has 0 amide bonds. The molecule has 0 aromatic carbocycles. The number of esters is 1. The zero-order valence-electron chi connectivity index (χ0n) is 10.5. The molecule has 6 nitrogen and oxygen atoms in total. The Morgan fingerprint density at radius 1 is 1.35 bits per heavy atom. The smallest absolute Gasteiger partial charge is 0.307 e. The quantitative estimate of drug-likeness (QED) is 0.606. The zero-order chi connectivity index (χ0) is 13.0. The van der Waals surface area contributed by atoms with E-state index in [2.05, 4.69) is 0 Å². The van der Waals surface area contributed by atoms with Gasteiger partial charge in [0.15, 0.2) is 0 Å². The van der Waals surface area contributed by atoms with Crippen LogP contribution >= 0.6 is 0 Å². The third-order valence-electron chi connectivity index (χ3n) is 2.77. The fraction of sp³-hybridized carbons (Fsp3) is 0.909. The van der Waals surface area contributed by atoms with Gasteiger partial charge in [-0.3, -0.25) is 4.79 Å². The highest BCUT2D eigenvalue weighted by Crippen LogP contribution is 2.21. The molecule has 0 saturated carbocycles. The van der Waals surface area contributed by atoms with Crippen molar-refractivity contribution in [2.75, 3.05) is 27.2 Å². The monoisotopic (exact) mass is 247 g/mol. The Morgan fingerprint density at radius 2 is 2.00 bits per heavy atom. The fourth-order valence-electron chi connectivity index (χ4n) is 1.63. The lowest BCUT2D eigenvalue weighted by molar-refractivity contribution is -0.149. The van der Waals surface area contributed by atoms with E-state index in [1.165, 1.54) is 0 Å². The molecule has 1 heterocycles. The maximum atomic E-state index is 11.3. The number of carbonyl (C=O) groups excluding carboxylic acids is 1. The van der Waals surface area contributed by atoms with Gasteiger partial charge >= 0.3 is 5.97 Å². The average molecular weight is 247 g/mol. The van der Waals surface area contributed by atoms with Crippen molar-refractivity contribution >= 4 is 5.97 Å². The second-order valence-corrected chi connectivity index (χ2v) is 4.60. The van der Waals surface area contributed by atoms with Gasteiger partial charge in [0, 0.05) is 6.54 Å². The van der Waals surface area contributed by atoms with E-state index >= 15 is 0 Å². The number of hydrogen-bond acceptors (Lipinski definition) is 6.